The van der Waals surface area contributed by atoms with Crippen molar-refractivity contribution in [2.24, 2.45) is 17.8 Å². The second-order valence-corrected chi connectivity index (χ2v) is 7.09. The van der Waals surface area contributed by atoms with E-state index in [0.717, 1.165) is 12.8 Å². The van der Waals surface area contributed by atoms with Gasteiger partial charge in [0.05, 0.1) is 17.2 Å². The molecule has 1 saturated carbocycles. The second-order valence-electron chi connectivity index (χ2n) is 7.09. The summed E-state index contributed by atoms with van der Waals surface area (Å²) in [5.41, 5.74) is 0.299. The molecule has 2 aromatic rings. The number of nitrogens with zero attached hydrogens (tertiary/aromatic N) is 4. The number of rotatable bonds is 5. The lowest BCUT2D eigenvalue weighted by atomic mass is 9.92. The largest absolute Gasteiger partial charge is 0.481 e. The molecule has 1 N–H and O–H groups in total. The normalized spacial score (nSPS) is 22.0. The van der Waals surface area contributed by atoms with Crippen molar-refractivity contribution in [3.8, 4) is 5.69 Å². The third-order valence-electron chi connectivity index (χ3n) is 5.40. The summed E-state index contributed by atoms with van der Waals surface area (Å²) in [7, 11) is 0. The van der Waals surface area contributed by atoms with Crippen molar-refractivity contribution in [1.29, 1.82) is 0 Å². The fraction of sp³-hybridized carbons (Fsp3) is 0.389. The summed E-state index contributed by atoms with van der Waals surface area (Å²) < 4.78 is 1.51. The molecule has 0 radical (unpaired) electrons. The van der Waals surface area contributed by atoms with Crippen LogP contribution in [0.15, 0.2) is 36.9 Å². The van der Waals surface area contributed by atoms with E-state index in [0.29, 0.717) is 18.2 Å². The Morgan fingerprint density at radius 3 is 2.63 bits per heavy atom. The van der Waals surface area contributed by atoms with Gasteiger partial charge in [-0.2, -0.15) is 0 Å². The van der Waals surface area contributed by atoms with E-state index >= 15 is 0 Å². The van der Waals surface area contributed by atoms with Crippen LogP contribution in [0.3, 0.4) is 0 Å². The van der Waals surface area contributed by atoms with Gasteiger partial charge in [0.25, 0.3) is 11.6 Å². The van der Waals surface area contributed by atoms with Crippen LogP contribution in [0.1, 0.15) is 23.2 Å². The van der Waals surface area contributed by atoms with E-state index in [1.54, 1.807) is 6.20 Å². The molecule has 27 heavy (non-hydrogen) atoms. The monoisotopic (exact) mass is 370 g/mol. The number of hydrogen-bond acceptors (Lipinski definition) is 5. The van der Waals surface area contributed by atoms with Gasteiger partial charge in [0.2, 0.25) is 0 Å². The number of nitro groups is 1. The van der Waals surface area contributed by atoms with Crippen LogP contribution in [0.5, 0.6) is 0 Å². The lowest BCUT2D eigenvalue weighted by Crippen LogP contribution is -2.30. The van der Waals surface area contributed by atoms with Crippen LogP contribution in [0.4, 0.5) is 5.69 Å². The van der Waals surface area contributed by atoms with E-state index in [2.05, 4.69) is 4.98 Å². The Morgan fingerprint density at radius 1 is 1.26 bits per heavy atom. The van der Waals surface area contributed by atoms with Crippen LogP contribution in [0.2, 0.25) is 0 Å². The SMILES string of the molecule is O=C(O)[C@H]1CN(C(=O)c2ccc(-n3ccnc3)c([N+](=O)[O-])c2)C[C@@H]1C1CC1. The Kier molecular flexibility index (Phi) is 4.14. The zero-order valence-corrected chi connectivity index (χ0v) is 14.4. The molecule has 1 aromatic carbocycles. The number of hydrogen-bond donors (Lipinski definition) is 1. The third-order valence-corrected chi connectivity index (χ3v) is 5.40. The first-order valence-corrected chi connectivity index (χ1v) is 8.74. The molecule has 1 saturated heterocycles. The molecule has 0 spiro atoms. The molecular formula is C18H18N4O5. The van der Waals surface area contributed by atoms with Gasteiger partial charge in [-0.05, 0) is 36.8 Å². The average molecular weight is 370 g/mol. The summed E-state index contributed by atoms with van der Waals surface area (Å²) in [6.07, 6.45) is 6.55. The number of carbonyl (C=O) groups excluding carboxylic acids is 1. The molecule has 9 nitrogen and oxygen atoms in total. The first kappa shape index (κ1) is 17.2. The van der Waals surface area contributed by atoms with Gasteiger partial charge in [0, 0.05) is 37.1 Å². The van der Waals surface area contributed by atoms with Gasteiger partial charge in [-0.1, -0.05) is 0 Å². The maximum atomic E-state index is 12.9. The fourth-order valence-electron chi connectivity index (χ4n) is 3.86. The number of aromatic nitrogens is 2. The van der Waals surface area contributed by atoms with Crippen molar-refractivity contribution in [2.75, 3.05) is 13.1 Å². The predicted octanol–water partition coefficient (Wildman–Crippen LogP) is 1.96. The first-order valence-electron chi connectivity index (χ1n) is 8.74. The Hall–Kier alpha value is -3.23. The molecule has 9 heteroatoms. The van der Waals surface area contributed by atoms with Gasteiger partial charge in [0.15, 0.2) is 0 Å². The number of carbonyl (C=O) groups is 2. The Labute approximate surface area is 154 Å². The van der Waals surface area contributed by atoms with E-state index in [4.69, 9.17) is 0 Å². The predicted molar refractivity (Wildman–Crippen MR) is 93.5 cm³/mol. The number of carboxylic acids is 1. The second kappa shape index (κ2) is 6.49. The van der Waals surface area contributed by atoms with Crippen molar-refractivity contribution in [3.05, 3.63) is 52.6 Å². The van der Waals surface area contributed by atoms with Gasteiger partial charge in [-0.15, -0.1) is 0 Å². The van der Waals surface area contributed by atoms with Crippen LogP contribution in [0, 0.1) is 27.9 Å². The fourth-order valence-corrected chi connectivity index (χ4v) is 3.86. The standard InChI is InChI=1S/C18H18N4O5/c23-17(21-8-13(11-1-2-11)14(9-21)18(24)25)12-3-4-15(16(7-12)22(26)27)20-6-5-19-10-20/h3-7,10-11,13-14H,1-2,8-9H2,(H,24,25)/t13-,14+/m1/s1. The molecule has 1 aromatic heterocycles. The molecule has 1 aliphatic carbocycles. The number of nitro benzene ring substituents is 1. The van der Waals surface area contributed by atoms with Crippen LogP contribution >= 0.6 is 0 Å². The number of benzene rings is 1. The molecule has 1 amide bonds. The Bertz CT molecular complexity index is 906. The lowest BCUT2D eigenvalue weighted by molar-refractivity contribution is -0.384. The maximum absolute atomic E-state index is 12.9. The van der Waals surface area contributed by atoms with E-state index in [1.807, 2.05) is 0 Å². The highest BCUT2D eigenvalue weighted by Crippen LogP contribution is 2.44. The molecule has 2 fully saturated rings. The van der Waals surface area contributed by atoms with Gasteiger partial charge in [-0.3, -0.25) is 19.7 Å². The number of amides is 1. The topological polar surface area (TPSA) is 119 Å². The number of carboxylic acid groups (broad SMARTS) is 1. The van der Waals surface area contributed by atoms with Crippen molar-refractivity contribution in [1.82, 2.24) is 14.5 Å². The van der Waals surface area contributed by atoms with Crippen molar-refractivity contribution in [3.63, 3.8) is 0 Å². The van der Waals surface area contributed by atoms with E-state index < -0.39 is 16.8 Å². The number of likely N-dealkylation sites (tertiary alicyclic amines) is 1. The Balaban J connectivity index is 1.61. The molecular weight excluding hydrogens is 352 g/mol. The highest BCUT2D eigenvalue weighted by molar-refractivity contribution is 5.96. The minimum absolute atomic E-state index is 0.0355. The lowest BCUT2D eigenvalue weighted by Gasteiger charge is -2.16. The van der Waals surface area contributed by atoms with E-state index in [-0.39, 0.29) is 29.6 Å². The molecule has 140 valence electrons. The minimum Gasteiger partial charge on any atom is -0.481 e. The van der Waals surface area contributed by atoms with Crippen LogP contribution in [-0.2, 0) is 4.79 Å². The average Bonchev–Trinajstić information content (AvgIpc) is 3.18. The van der Waals surface area contributed by atoms with Gasteiger partial charge in [-0.25, -0.2) is 4.98 Å². The highest BCUT2D eigenvalue weighted by Gasteiger charge is 2.47. The minimum atomic E-state index is -0.886. The van der Waals surface area contributed by atoms with Crippen molar-refractivity contribution < 1.29 is 19.6 Å². The molecule has 0 bridgehead atoms. The number of aliphatic carboxylic acids is 1. The molecule has 2 atom stereocenters. The third kappa shape index (κ3) is 3.16. The van der Waals surface area contributed by atoms with Crippen molar-refractivity contribution in [2.45, 2.75) is 12.8 Å². The van der Waals surface area contributed by atoms with Crippen molar-refractivity contribution >= 4 is 17.6 Å². The zero-order valence-electron chi connectivity index (χ0n) is 14.4. The smallest absolute Gasteiger partial charge is 0.308 e. The Morgan fingerprint density at radius 2 is 2.04 bits per heavy atom. The summed E-state index contributed by atoms with van der Waals surface area (Å²) in [6, 6.07) is 4.29. The van der Waals surface area contributed by atoms with E-state index in [1.165, 1.54) is 40.2 Å². The first-order chi connectivity index (χ1) is 13.0. The van der Waals surface area contributed by atoms with Gasteiger partial charge < -0.3 is 14.6 Å². The molecule has 1 aliphatic heterocycles. The van der Waals surface area contributed by atoms with Crippen LogP contribution < -0.4 is 0 Å². The molecule has 2 aliphatic rings. The molecule has 4 rings (SSSR count). The highest BCUT2D eigenvalue weighted by atomic mass is 16.6. The molecule has 0 unspecified atom stereocenters. The quantitative estimate of drug-likeness (QED) is 0.635. The summed E-state index contributed by atoms with van der Waals surface area (Å²) >= 11 is 0. The maximum Gasteiger partial charge on any atom is 0.308 e. The summed E-state index contributed by atoms with van der Waals surface area (Å²) in [6.45, 7) is 0.532. The van der Waals surface area contributed by atoms with E-state index in [9.17, 15) is 24.8 Å². The summed E-state index contributed by atoms with van der Waals surface area (Å²) in [4.78, 5) is 40.7. The van der Waals surface area contributed by atoms with Crippen LogP contribution in [0.25, 0.3) is 5.69 Å². The van der Waals surface area contributed by atoms with Gasteiger partial charge >= 0.3 is 5.97 Å². The van der Waals surface area contributed by atoms with Gasteiger partial charge in [0.1, 0.15) is 5.69 Å². The summed E-state index contributed by atoms with van der Waals surface area (Å²) in [5, 5.41) is 20.9. The number of imidazole rings is 1. The zero-order chi connectivity index (χ0) is 19.1. The summed E-state index contributed by atoms with van der Waals surface area (Å²) in [5.74, 6) is -1.50. The molecule has 2 heterocycles. The van der Waals surface area contributed by atoms with Crippen LogP contribution in [-0.4, -0.2) is 49.4 Å².